The number of hydrogen-bond donors (Lipinski definition) is 0. The second-order valence-corrected chi connectivity index (χ2v) is 6.90. The molecule has 5 rings (SSSR count). The molecule has 0 unspecified atom stereocenters. The summed E-state index contributed by atoms with van der Waals surface area (Å²) in [6, 6.07) is 23.2. The van der Waals surface area contributed by atoms with Crippen LogP contribution in [0.3, 0.4) is 0 Å². The van der Waals surface area contributed by atoms with Crippen LogP contribution in [0.5, 0.6) is 17.2 Å². The van der Waals surface area contributed by atoms with Crippen LogP contribution >= 0.6 is 0 Å². The van der Waals surface area contributed by atoms with Crippen molar-refractivity contribution in [3.63, 3.8) is 0 Å². The maximum Gasteiger partial charge on any atom is 0.261 e. The van der Waals surface area contributed by atoms with Gasteiger partial charge in [-0.05, 0) is 41.3 Å². The van der Waals surface area contributed by atoms with Crippen LogP contribution in [0.2, 0.25) is 0 Å². The van der Waals surface area contributed by atoms with Gasteiger partial charge in [0.1, 0.15) is 12.4 Å². The summed E-state index contributed by atoms with van der Waals surface area (Å²) in [6.45, 7) is 0.582. The molecule has 0 amide bonds. The molecule has 0 bridgehead atoms. The van der Waals surface area contributed by atoms with E-state index in [4.69, 9.17) is 14.2 Å². The molecule has 3 aromatic carbocycles. The number of fused-ring (bicyclic) bond motifs is 4. The Morgan fingerprint density at radius 2 is 1.76 bits per heavy atom. The Bertz CT molecular complexity index is 1260. The van der Waals surface area contributed by atoms with Crippen LogP contribution < -0.4 is 19.8 Å². The van der Waals surface area contributed by atoms with Gasteiger partial charge in [0.2, 0.25) is 0 Å². The zero-order valence-electron chi connectivity index (χ0n) is 15.9. The molecule has 0 spiro atoms. The van der Waals surface area contributed by atoms with Gasteiger partial charge in [-0.2, -0.15) is 0 Å². The van der Waals surface area contributed by atoms with Crippen molar-refractivity contribution in [1.29, 1.82) is 0 Å². The summed E-state index contributed by atoms with van der Waals surface area (Å²) in [5.41, 5.74) is 2.67. The van der Waals surface area contributed by atoms with Crippen molar-refractivity contribution in [2.45, 2.75) is 13.3 Å². The van der Waals surface area contributed by atoms with Crippen molar-refractivity contribution in [3.05, 3.63) is 88.7 Å². The number of methoxy groups -OCH3 is 1. The van der Waals surface area contributed by atoms with Crippen molar-refractivity contribution in [2.24, 2.45) is 0 Å². The molecule has 1 aliphatic heterocycles. The Hall–Kier alpha value is -3.73. The van der Waals surface area contributed by atoms with Gasteiger partial charge in [-0.25, -0.2) is 0 Å². The highest BCUT2D eigenvalue weighted by Crippen LogP contribution is 2.37. The van der Waals surface area contributed by atoms with Gasteiger partial charge in [0, 0.05) is 5.56 Å². The van der Waals surface area contributed by atoms with Gasteiger partial charge in [-0.15, -0.1) is 0 Å². The fourth-order valence-corrected chi connectivity index (χ4v) is 3.66. The first-order chi connectivity index (χ1) is 14.2. The van der Waals surface area contributed by atoms with E-state index in [1.807, 2.05) is 66.7 Å². The fraction of sp³-hybridized carbons (Fsp3) is 0.125. The Balaban J connectivity index is 1.62. The monoisotopic (exact) mass is 385 g/mol. The highest BCUT2D eigenvalue weighted by molar-refractivity contribution is 5.89. The lowest BCUT2D eigenvalue weighted by Crippen LogP contribution is -2.27. The fourth-order valence-electron chi connectivity index (χ4n) is 3.66. The standard InChI is InChI=1S/C24H19NO4/c1-27-22-12-17-11-20-18-9-5-6-10-21(18)29-15-25(20)24(26)19(17)13-23(22)28-14-16-7-3-2-4-8-16/h2-13H,14-15H2,1H3. The maximum atomic E-state index is 13.2. The molecular weight excluding hydrogens is 366 g/mol. The first kappa shape index (κ1) is 17.4. The minimum atomic E-state index is -0.112. The largest absolute Gasteiger partial charge is 0.493 e. The summed E-state index contributed by atoms with van der Waals surface area (Å²) in [7, 11) is 1.60. The zero-order chi connectivity index (χ0) is 19.8. The molecule has 0 fully saturated rings. The van der Waals surface area contributed by atoms with Gasteiger partial charge in [0.25, 0.3) is 5.56 Å². The van der Waals surface area contributed by atoms with E-state index >= 15 is 0 Å². The van der Waals surface area contributed by atoms with Crippen molar-refractivity contribution < 1.29 is 14.2 Å². The summed E-state index contributed by atoms with van der Waals surface area (Å²) in [6.07, 6.45) is 0. The van der Waals surface area contributed by atoms with Crippen molar-refractivity contribution in [1.82, 2.24) is 4.57 Å². The van der Waals surface area contributed by atoms with Crippen molar-refractivity contribution in [3.8, 4) is 28.5 Å². The lowest BCUT2D eigenvalue weighted by molar-refractivity contribution is 0.226. The SMILES string of the molecule is COc1cc2cc3n(c(=O)c2cc1OCc1ccccc1)COc1ccccc1-3. The van der Waals surface area contributed by atoms with Gasteiger partial charge in [-0.3, -0.25) is 9.36 Å². The minimum Gasteiger partial charge on any atom is -0.493 e. The average Bonchev–Trinajstić information content (AvgIpc) is 2.78. The highest BCUT2D eigenvalue weighted by atomic mass is 16.5. The number of pyridine rings is 1. The van der Waals surface area contributed by atoms with Crippen LogP contribution in [0.1, 0.15) is 5.56 Å². The molecular formula is C24H19NO4. The molecule has 1 aliphatic rings. The maximum absolute atomic E-state index is 13.2. The predicted octanol–water partition coefficient (Wildman–Crippen LogP) is 4.61. The van der Waals surface area contributed by atoms with E-state index in [1.165, 1.54) is 0 Å². The quantitative estimate of drug-likeness (QED) is 0.515. The summed E-state index contributed by atoms with van der Waals surface area (Å²) in [5, 5.41) is 1.38. The second-order valence-electron chi connectivity index (χ2n) is 6.90. The molecule has 0 aliphatic carbocycles. The van der Waals surface area contributed by atoms with Gasteiger partial charge in [-0.1, -0.05) is 42.5 Å². The number of benzene rings is 3. The lowest BCUT2D eigenvalue weighted by atomic mass is 10.0. The number of nitrogens with zero attached hydrogens (tertiary/aromatic N) is 1. The minimum absolute atomic E-state index is 0.112. The van der Waals surface area contributed by atoms with Crippen LogP contribution in [0.4, 0.5) is 0 Å². The number of rotatable bonds is 4. The molecule has 29 heavy (non-hydrogen) atoms. The van der Waals surface area contributed by atoms with E-state index in [2.05, 4.69) is 0 Å². The zero-order valence-corrected chi connectivity index (χ0v) is 15.9. The number of aromatic nitrogens is 1. The van der Waals surface area contributed by atoms with Gasteiger partial charge >= 0.3 is 0 Å². The van der Waals surface area contributed by atoms with Crippen LogP contribution in [-0.2, 0) is 13.3 Å². The van der Waals surface area contributed by atoms with E-state index in [1.54, 1.807) is 17.7 Å². The van der Waals surface area contributed by atoms with Crippen molar-refractivity contribution in [2.75, 3.05) is 7.11 Å². The highest BCUT2D eigenvalue weighted by Gasteiger charge is 2.20. The summed E-state index contributed by atoms with van der Waals surface area (Å²) < 4.78 is 18.9. The third kappa shape index (κ3) is 3.01. The van der Waals surface area contributed by atoms with E-state index < -0.39 is 0 Å². The van der Waals surface area contributed by atoms with E-state index in [9.17, 15) is 4.79 Å². The molecule has 0 radical (unpaired) electrons. The van der Waals surface area contributed by atoms with E-state index in [0.29, 0.717) is 23.5 Å². The number of para-hydroxylation sites is 1. The molecule has 4 aromatic rings. The lowest BCUT2D eigenvalue weighted by Gasteiger charge is -2.23. The van der Waals surface area contributed by atoms with Crippen LogP contribution in [-0.4, -0.2) is 11.7 Å². The number of ether oxygens (including phenoxy) is 3. The van der Waals surface area contributed by atoms with Gasteiger partial charge in [0.05, 0.1) is 18.2 Å². The third-order valence-corrected chi connectivity index (χ3v) is 5.14. The average molecular weight is 385 g/mol. The molecule has 0 saturated heterocycles. The van der Waals surface area contributed by atoms with Crippen molar-refractivity contribution >= 4 is 10.8 Å². The van der Waals surface area contributed by atoms with E-state index in [0.717, 1.165) is 28.0 Å². The first-order valence-corrected chi connectivity index (χ1v) is 9.39. The first-order valence-electron chi connectivity index (χ1n) is 9.39. The molecule has 5 heteroatoms. The second kappa shape index (κ2) is 7.02. The summed E-state index contributed by atoms with van der Waals surface area (Å²) >= 11 is 0. The van der Waals surface area contributed by atoms with Gasteiger partial charge < -0.3 is 14.2 Å². The third-order valence-electron chi connectivity index (χ3n) is 5.14. The molecule has 0 N–H and O–H groups in total. The smallest absolute Gasteiger partial charge is 0.261 e. The molecule has 0 atom stereocenters. The Kier molecular flexibility index (Phi) is 4.21. The Morgan fingerprint density at radius 1 is 0.966 bits per heavy atom. The molecule has 0 saturated carbocycles. The Labute approximate surface area is 167 Å². The molecule has 1 aromatic heterocycles. The predicted molar refractivity (Wildman–Crippen MR) is 112 cm³/mol. The molecule has 2 heterocycles. The number of hydrogen-bond acceptors (Lipinski definition) is 4. The topological polar surface area (TPSA) is 49.7 Å². The molecule has 144 valence electrons. The van der Waals surface area contributed by atoms with Crippen LogP contribution in [0.15, 0.2) is 77.6 Å². The normalized spacial score (nSPS) is 12.0. The Morgan fingerprint density at radius 3 is 2.59 bits per heavy atom. The van der Waals surface area contributed by atoms with E-state index in [-0.39, 0.29) is 12.3 Å². The molecule has 5 nitrogen and oxygen atoms in total. The van der Waals surface area contributed by atoms with Crippen LogP contribution in [0, 0.1) is 0 Å². The van der Waals surface area contributed by atoms with Gasteiger partial charge in [0.15, 0.2) is 18.2 Å². The summed E-state index contributed by atoms with van der Waals surface area (Å²) in [4.78, 5) is 13.2. The summed E-state index contributed by atoms with van der Waals surface area (Å²) in [5.74, 6) is 1.91. The van der Waals surface area contributed by atoms with Crippen LogP contribution in [0.25, 0.3) is 22.0 Å².